The monoisotopic (exact) mass is 136 g/mol. The number of hydrogen-bond donors (Lipinski definition) is 4. The van der Waals surface area contributed by atoms with Crippen LogP contribution in [0.25, 0.3) is 0 Å². The molecule has 0 saturated carbocycles. The zero-order valence-corrected chi connectivity index (χ0v) is 2.70. The average molecular weight is 136 g/mol. The van der Waals surface area contributed by atoms with E-state index in [0.717, 1.165) is 0 Å². The number of carboxylic acid groups (broad SMARTS) is 2. The molecule has 0 unspecified atom stereocenters. The molecular weight excluding hydrogens is 131 g/mol. The van der Waals surface area contributed by atoms with Gasteiger partial charge in [0.05, 0.1) is 0 Å². The van der Waals surface area contributed by atoms with Gasteiger partial charge in [-0.05, 0) is 0 Å². The first-order chi connectivity index (χ1) is 2.73. The fourth-order valence-electron chi connectivity index (χ4n) is 0. The molecule has 4 N–H and O–H groups in total. The third kappa shape index (κ3) is 233. The van der Waals surface area contributed by atoms with Crippen LogP contribution in [0.1, 0.15) is 0 Å². The van der Waals surface area contributed by atoms with Crippen LogP contribution in [0.15, 0.2) is 0 Å². The van der Waals surface area contributed by atoms with E-state index < -0.39 is 6.16 Å². The van der Waals surface area contributed by atoms with E-state index in [9.17, 15) is 0 Å². The van der Waals surface area contributed by atoms with Crippen LogP contribution in [0.2, 0.25) is 0 Å². The summed E-state index contributed by atoms with van der Waals surface area (Å²) in [5, 5.41) is 25.9. The Morgan fingerprint density at radius 2 is 1.14 bits per heavy atom. The van der Waals surface area contributed by atoms with Gasteiger partial charge >= 0.3 is 57.5 Å². The Bertz CT molecular complexity index is 31.1. The summed E-state index contributed by atoms with van der Waals surface area (Å²) in [6.45, 7) is 0. The molecule has 0 aromatic heterocycles. The van der Waals surface area contributed by atoms with Crippen LogP contribution in [0.5, 0.6) is 0 Å². The summed E-state index contributed by atoms with van der Waals surface area (Å²) in [5.74, 6) is 0. The van der Waals surface area contributed by atoms with Crippen LogP contribution >= 0.6 is 0 Å². The molecule has 40 valence electrons. The van der Waals surface area contributed by atoms with Crippen LogP contribution in [0, 0.1) is 0 Å². The maximum atomic E-state index is 8.56. The minimum atomic E-state index is -1.83. The fourth-order valence-corrected chi connectivity index (χ4v) is 0. The predicted molar refractivity (Wildman–Crippen MR) is 23.1 cm³/mol. The molecule has 0 bridgehead atoms. The van der Waals surface area contributed by atoms with E-state index in [1.165, 1.54) is 0 Å². The quantitative estimate of drug-likeness (QED) is 0.206. The summed E-state index contributed by atoms with van der Waals surface area (Å²) in [6, 6.07) is 0. The van der Waals surface area contributed by atoms with Crippen LogP contribution in [-0.4, -0.2) is 78.3 Å². The van der Waals surface area contributed by atoms with E-state index in [-0.39, 0.29) is 51.4 Å². The number of carbonyl (C=O) groups is 1. The Morgan fingerprint density at radius 1 is 1.14 bits per heavy atom. The van der Waals surface area contributed by atoms with Gasteiger partial charge in [0.1, 0.15) is 0 Å². The Kier molecular flexibility index (Phi) is 35.4. The molecule has 0 heterocycles. The van der Waals surface area contributed by atoms with Gasteiger partial charge in [0, 0.05) is 0 Å². The third-order valence-corrected chi connectivity index (χ3v) is 0. The molecule has 5 nitrogen and oxygen atoms in total. The van der Waals surface area contributed by atoms with Gasteiger partial charge in [-0.15, -0.1) is 0 Å². The molecule has 7 heavy (non-hydrogen) atoms. The van der Waals surface area contributed by atoms with Gasteiger partial charge in [-0.2, -0.15) is 0 Å². The Labute approximate surface area is 81.9 Å². The van der Waals surface area contributed by atoms with E-state index in [4.69, 9.17) is 25.5 Å². The van der Waals surface area contributed by atoms with E-state index >= 15 is 0 Å². The van der Waals surface area contributed by atoms with Crippen molar-refractivity contribution in [3.63, 3.8) is 0 Å². The average Bonchev–Trinajstić information content (AvgIpc) is 1.41. The molecule has 0 amide bonds. The SMILES string of the molecule is O=C(O)O.OO.[KH]. The fraction of sp³-hybridized carbons (Fsp3) is 0. The van der Waals surface area contributed by atoms with Crippen LogP contribution in [-0.2, 0) is 0 Å². The van der Waals surface area contributed by atoms with Crippen molar-refractivity contribution in [1.29, 1.82) is 0 Å². The van der Waals surface area contributed by atoms with E-state index in [2.05, 4.69) is 0 Å². The standard InChI is InChI=1S/CH2O3.K.H2O2.H/c2-1(3)4;;1-2;/h(H2,2,3,4);;1-2H;. The Hall–Kier alpha value is 0.826. The molecule has 0 aromatic rings. The van der Waals surface area contributed by atoms with Crippen molar-refractivity contribution in [3.05, 3.63) is 0 Å². The second-order valence-corrected chi connectivity index (χ2v) is 0.283. The van der Waals surface area contributed by atoms with Gasteiger partial charge < -0.3 is 10.2 Å². The first-order valence-electron chi connectivity index (χ1n) is 0.851. The molecule has 0 aliphatic heterocycles. The first-order valence-corrected chi connectivity index (χ1v) is 0.851. The first kappa shape index (κ1) is 15.7. The Balaban J connectivity index is -0.0000000480. The van der Waals surface area contributed by atoms with E-state index in [1.807, 2.05) is 0 Å². The van der Waals surface area contributed by atoms with Crippen molar-refractivity contribution in [3.8, 4) is 0 Å². The molecule has 0 fully saturated rings. The predicted octanol–water partition coefficient (Wildman–Crippen LogP) is -0.409. The van der Waals surface area contributed by atoms with Gasteiger partial charge in [-0.3, -0.25) is 10.5 Å². The maximum absolute atomic E-state index is 8.56. The third-order valence-electron chi connectivity index (χ3n) is 0. The minimum absolute atomic E-state index is 0. The summed E-state index contributed by atoms with van der Waals surface area (Å²) in [7, 11) is 0. The second-order valence-electron chi connectivity index (χ2n) is 0.283. The van der Waals surface area contributed by atoms with Crippen molar-refractivity contribution in [2.24, 2.45) is 0 Å². The normalized spacial score (nSPS) is 4.29. The topological polar surface area (TPSA) is 98.0 Å². The van der Waals surface area contributed by atoms with Crippen LogP contribution in [0.3, 0.4) is 0 Å². The molecule has 0 spiro atoms. The number of hydrogen-bond acceptors (Lipinski definition) is 3. The van der Waals surface area contributed by atoms with Crippen molar-refractivity contribution >= 4 is 57.5 Å². The van der Waals surface area contributed by atoms with Crippen LogP contribution < -0.4 is 0 Å². The molecule has 0 rings (SSSR count). The van der Waals surface area contributed by atoms with Gasteiger partial charge in [-0.25, -0.2) is 4.79 Å². The molecule has 0 saturated heterocycles. The zero-order valence-electron chi connectivity index (χ0n) is 2.70. The molecule has 0 aliphatic carbocycles. The summed E-state index contributed by atoms with van der Waals surface area (Å²) >= 11 is 0. The van der Waals surface area contributed by atoms with Crippen molar-refractivity contribution in [2.45, 2.75) is 0 Å². The van der Waals surface area contributed by atoms with E-state index in [1.54, 1.807) is 0 Å². The molecule has 0 radical (unpaired) electrons. The van der Waals surface area contributed by atoms with Gasteiger partial charge in [0.2, 0.25) is 0 Å². The molecule has 0 aliphatic rings. The van der Waals surface area contributed by atoms with Gasteiger partial charge in [0.15, 0.2) is 0 Å². The summed E-state index contributed by atoms with van der Waals surface area (Å²) in [5.41, 5.74) is 0. The zero-order chi connectivity index (χ0) is 5.58. The molecule has 0 atom stereocenters. The molecule has 6 heteroatoms. The van der Waals surface area contributed by atoms with E-state index in [0.29, 0.717) is 0 Å². The summed E-state index contributed by atoms with van der Waals surface area (Å²) < 4.78 is 0. The number of rotatable bonds is 0. The van der Waals surface area contributed by atoms with Crippen LogP contribution in [0.4, 0.5) is 4.79 Å². The molecular formula is CH5KO5. The Morgan fingerprint density at radius 3 is 1.14 bits per heavy atom. The second kappa shape index (κ2) is 15.8. The van der Waals surface area contributed by atoms with Crippen molar-refractivity contribution < 1.29 is 25.5 Å². The van der Waals surface area contributed by atoms with Crippen molar-refractivity contribution in [1.82, 2.24) is 0 Å². The van der Waals surface area contributed by atoms with Gasteiger partial charge in [0.25, 0.3) is 0 Å². The van der Waals surface area contributed by atoms with Crippen molar-refractivity contribution in [2.75, 3.05) is 0 Å². The summed E-state index contributed by atoms with van der Waals surface area (Å²) in [4.78, 5) is 8.56. The molecule has 0 aromatic carbocycles. The summed E-state index contributed by atoms with van der Waals surface area (Å²) in [6.07, 6.45) is -1.83. The van der Waals surface area contributed by atoms with Gasteiger partial charge in [-0.1, -0.05) is 0 Å².